The summed E-state index contributed by atoms with van der Waals surface area (Å²) in [6, 6.07) is 12.9. The summed E-state index contributed by atoms with van der Waals surface area (Å²) < 4.78 is 34.1. The van der Waals surface area contributed by atoms with Crippen molar-refractivity contribution < 1.29 is 22.4 Å². The van der Waals surface area contributed by atoms with Gasteiger partial charge in [0.2, 0.25) is 15.9 Å². The minimum absolute atomic E-state index is 0.0494. The standard InChI is InChI=1S/C33H40N4O5S/c1-33(2,3)43(40,41)35-32(39)24-13-14-27-28(20-24)37(21-29(38)36(4)18-15-26-12-8-9-17-34-26)31(25-16-19-42-22-25)30(27)23-10-6-5-7-11-23/h8-9,12-14,16-17,19-20,22-23H,5-7,10-11,15,18,21H2,1-4H3,(H,35,39). The number of nitrogens with zero attached hydrogens (tertiary/aromatic N) is 3. The first-order valence-electron chi connectivity index (χ1n) is 14.9. The number of carbonyl (C=O) groups excluding carboxylic acids is 2. The maximum absolute atomic E-state index is 13.7. The zero-order chi connectivity index (χ0) is 30.8. The lowest BCUT2D eigenvalue weighted by Gasteiger charge is -2.23. The Morgan fingerprint density at radius 2 is 1.86 bits per heavy atom. The predicted molar refractivity (Wildman–Crippen MR) is 167 cm³/mol. The highest BCUT2D eigenvalue weighted by molar-refractivity contribution is 7.91. The summed E-state index contributed by atoms with van der Waals surface area (Å²) >= 11 is 0. The summed E-state index contributed by atoms with van der Waals surface area (Å²) in [5.41, 5.74) is 4.75. The molecule has 0 aliphatic heterocycles. The fraction of sp³-hybridized carbons (Fsp3) is 0.424. The Balaban J connectivity index is 1.58. The Morgan fingerprint density at radius 1 is 1.09 bits per heavy atom. The third-order valence-corrected chi connectivity index (χ3v) is 10.4. The van der Waals surface area contributed by atoms with E-state index in [1.165, 1.54) is 6.42 Å². The van der Waals surface area contributed by atoms with E-state index in [2.05, 4.69) is 9.71 Å². The van der Waals surface area contributed by atoms with Gasteiger partial charge in [-0.1, -0.05) is 31.4 Å². The van der Waals surface area contributed by atoms with Crippen LogP contribution in [-0.2, 0) is 27.8 Å². The van der Waals surface area contributed by atoms with Crippen molar-refractivity contribution in [1.29, 1.82) is 0 Å². The van der Waals surface area contributed by atoms with Crippen molar-refractivity contribution >= 4 is 32.7 Å². The maximum Gasteiger partial charge on any atom is 0.264 e. The SMILES string of the molecule is CN(CCc1ccccn1)C(=O)Cn1c(-c2ccoc2)c(C2CCCCC2)c2ccc(C(=O)NS(=O)(=O)C(C)(C)C)cc21. The predicted octanol–water partition coefficient (Wildman–Crippen LogP) is 5.90. The zero-order valence-electron chi connectivity index (χ0n) is 25.3. The first-order valence-corrected chi connectivity index (χ1v) is 16.3. The minimum atomic E-state index is -3.91. The average Bonchev–Trinajstić information content (AvgIpc) is 3.62. The van der Waals surface area contributed by atoms with Gasteiger partial charge in [-0.15, -0.1) is 0 Å². The highest BCUT2D eigenvalue weighted by Crippen LogP contribution is 2.44. The largest absolute Gasteiger partial charge is 0.472 e. The molecule has 0 unspecified atom stereocenters. The molecular formula is C33H40N4O5S. The van der Waals surface area contributed by atoms with Gasteiger partial charge in [-0.25, -0.2) is 13.1 Å². The molecule has 1 fully saturated rings. The molecule has 10 heteroatoms. The second-order valence-electron chi connectivity index (χ2n) is 12.4. The highest BCUT2D eigenvalue weighted by atomic mass is 32.2. The van der Waals surface area contributed by atoms with E-state index >= 15 is 0 Å². The minimum Gasteiger partial charge on any atom is -0.472 e. The second kappa shape index (κ2) is 12.4. The van der Waals surface area contributed by atoms with Crippen LogP contribution in [0.2, 0.25) is 0 Å². The third-order valence-electron chi connectivity index (χ3n) is 8.36. The molecule has 1 aliphatic carbocycles. The molecule has 4 aromatic rings. The number of rotatable bonds is 9. The Kier molecular flexibility index (Phi) is 8.78. The number of furan rings is 1. The summed E-state index contributed by atoms with van der Waals surface area (Å²) in [6.45, 7) is 5.18. The Morgan fingerprint density at radius 3 is 2.51 bits per heavy atom. The normalized spacial score (nSPS) is 14.6. The van der Waals surface area contributed by atoms with Gasteiger partial charge in [-0.3, -0.25) is 14.6 Å². The Hall–Kier alpha value is -3.92. The van der Waals surface area contributed by atoms with Crippen molar-refractivity contribution in [2.45, 2.75) is 76.5 Å². The lowest BCUT2D eigenvalue weighted by molar-refractivity contribution is -0.130. The Labute approximate surface area is 253 Å². The van der Waals surface area contributed by atoms with Gasteiger partial charge in [0.15, 0.2) is 0 Å². The van der Waals surface area contributed by atoms with Crippen LogP contribution < -0.4 is 4.72 Å². The van der Waals surface area contributed by atoms with E-state index in [-0.39, 0.29) is 18.0 Å². The molecule has 228 valence electrons. The van der Waals surface area contributed by atoms with E-state index in [9.17, 15) is 18.0 Å². The molecule has 0 atom stereocenters. The third kappa shape index (κ3) is 6.54. The number of likely N-dealkylation sites (N-methyl/N-ethyl adjacent to an activating group) is 1. The fourth-order valence-electron chi connectivity index (χ4n) is 5.74. The number of benzene rings is 1. The van der Waals surface area contributed by atoms with Crippen LogP contribution in [0, 0.1) is 0 Å². The topological polar surface area (TPSA) is 115 Å². The van der Waals surface area contributed by atoms with E-state index in [1.54, 1.807) is 63.6 Å². The van der Waals surface area contributed by atoms with Gasteiger partial charge in [-0.2, -0.15) is 0 Å². The van der Waals surface area contributed by atoms with E-state index < -0.39 is 20.7 Å². The molecule has 0 radical (unpaired) electrons. The summed E-state index contributed by atoms with van der Waals surface area (Å²) in [5, 5.41) is 0.960. The van der Waals surface area contributed by atoms with Gasteiger partial charge >= 0.3 is 0 Å². The van der Waals surface area contributed by atoms with Crippen molar-refractivity contribution in [2.24, 2.45) is 0 Å². The monoisotopic (exact) mass is 604 g/mol. The lowest BCUT2D eigenvalue weighted by Crippen LogP contribution is -2.42. The van der Waals surface area contributed by atoms with Crippen LogP contribution in [0.15, 0.2) is 65.6 Å². The maximum atomic E-state index is 13.7. The van der Waals surface area contributed by atoms with Crippen molar-refractivity contribution in [2.75, 3.05) is 13.6 Å². The van der Waals surface area contributed by atoms with Crippen molar-refractivity contribution in [1.82, 2.24) is 19.2 Å². The first-order chi connectivity index (χ1) is 20.5. The number of hydrogen-bond donors (Lipinski definition) is 1. The number of fused-ring (bicyclic) bond motifs is 1. The molecule has 1 N–H and O–H groups in total. The van der Waals surface area contributed by atoms with Gasteiger partial charge in [0.25, 0.3) is 5.91 Å². The van der Waals surface area contributed by atoms with Crippen LogP contribution in [0.25, 0.3) is 22.2 Å². The van der Waals surface area contributed by atoms with E-state index in [4.69, 9.17) is 4.42 Å². The molecule has 0 bridgehead atoms. The molecule has 5 rings (SSSR count). The number of pyridine rings is 1. The van der Waals surface area contributed by atoms with Crippen molar-refractivity contribution in [3.8, 4) is 11.3 Å². The van der Waals surface area contributed by atoms with E-state index in [0.717, 1.165) is 53.6 Å². The van der Waals surface area contributed by atoms with Crippen LogP contribution in [0.5, 0.6) is 0 Å². The smallest absolute Gasteiger partial charge is 0.264 e. The summed E-state index contributed by atoms with van der Waals surface area (Å²) in [4.78, 5) is 33.0. The van der Waals surface area contributed by atoms with Crippen LogP contribution in [0.1, 0.15) is 80.4 Å². The molecule has 3 heterocycles. The zero-order valence-corrected chi connectivity index (χ0v) is 26.1. The van der Waals surface area contributed by atoms with E-state index in [1.807, 2.05) is 34.9 Å². The van der Waals surface area contributed by atoms with Crippen molar-refractivity contribution in [3.05, 3.63) is 78.0 Å². The van der Waals surface area contributed by atoms with Crippen molar-refractivity contribution in [3.63, 3.8) is 0 Å². The molecule has 0 spiro atoms. The number of aromatic nitrogens is 2. The van der Waals surface area contributed by atoms with Gasteiger partial charge < -0.3 is 13.9 Å². The number of sulfonamides is 1. The average molecular weight is 605 g/mol. The number of amides is 2. The molecule has 2 amide bonds. The van der Waals surface area contributed by atoms with Crippen LogP contribution >= 0.6 is 0 Å². The lowest BCUT2D eigenvalue weighted by atomic mass is 9.82. The first kappa shape index (κ1) is 30.5. The number of carbonyl (C=O) groups is 2. The molecule has 1 aromatic carbocycles. The molecule has 1 aliphatic rings. The van der Waals surface area contributed by atoms with Gasteiger partial charge in [-0.05, 0) is 75.4 Å². The fourth-order valence-corrected chi connectivity index (χ4v) is 6.41. The summed E-state index contributed by atoms with van der Waals surface area (Å²) in [5.74, 6) is -0.495. The molecule has 0 saturated heterocycles. The molecule has 9 nitrogen and oxygen atoms in total. The van der Waals surface area contributed by atoms with Crippen LogP contribution in [0.3, 0.4) is 0 Å². The van der Waals surface area contributed by atoms with Crippen LogP contribution in [-0.4, -0.2) is 53.0 Å². The van der Waals surface area contributed by atoms with E-state index in [0.29, 0.717) is 24.4 Å². The van der Waals surface area contributed by atoms with Crippen LogP contribution in [0.4, 0.5) is 0 Å². The molecule has 43 heavy (non-hydrogen) atoms. The quantitative estimate of drug-likeness (QED) is 0.254. The summed E-state index contributed by atoms with van der Waals surface area (Å²) in [6.07, 6.45) is 11.2. The van der Waals surface area contributed by atoms with Gasteiger partial charge in [0.1, 0.15) is 6.54 Å². The molecule has 3 aromatic heterocycles. The second-order valence-corrected chi connectivity index (χ2v) is 14.8. The summed E-state index contributed by atoms with van der Waals surface area (Å²) in [7, 11) is -2.12. The Bertz CT molecular complexity index is 1700. The molecular weight excluding hydrogens is 564 g/mol. The van der Waals surface area contributed by atoms with Gasteiger partial charge in [0, 0.05) is 48.4 Å². The number of hydrogen-bond acceptors (Lipinski definition) is 6. The van der Waals surface area contributed by atoms with Gasteiger partial charge in [0.05, 0.1) is 28.5 Å². The number of nitrogens with one attached hydrogen (secondary N) is 1. The highest BCUT2D eigenvalue weighted by Gasteiger charge is 2.32. The molecule has 1 saturated carbocycles.